The zero-order valence-electron chi connectivity index (χ0n) is 18.1. The minimum absolute atomic E-state index is 0.0195. The van der Waals surface area contributed by atoms with Crippen molar-refractivity contribution in [2.75, 3.05) is 11.5 Å². The van der Waals surface area contributed by atoms with Crippen molar-refractivity contribution in [3.8, 4) is 17.0 Å². The molecular weight excluding hydrogens is 470 g/mol. The highest BCUT2D eigenvalue weighted by Gasteiger charge is 2.45. The van der Waals surface area contributed by atoms with E-state index in [4.69, 9.17) is 0 Å². The van der Waals surface area contributed by atoms with Gasteiger partial charge < -0.3 is 15.2 Å². The summed E-state index contributed by atoms with van der Waals surface area (Å²) in [4.78, 5) is 17.3. The SMILES string of the molecule is CC1(NC(=O)c2cnc3c(-c4cccc(OC(F)F)c4)nn(C4CC(O)C4)c3c2)CS(=O)(=O)C1. The maximum atomic E-state index is 12.8. The summed E-state index contributed by atoms with van der Waals surface area (Å²) in [7, 11) is -3.13. The van der Waals surface area contributed by atoms with Crippen molar-refractivity contribution in [3.63, 3.8) is 0 Å². The van der Waals surface area contributed by atoms with Gasteiger partial charge in [0.1, 0.15) is 17.0 Å². The Kier molecular flexibility index (Phi) is 5.32. The third-order valence-corrected chi connectivity index (χ3v) is 8.22. The van der Waals surface area contributed by atoms with Crippen molar-refractivity contribution in [1.82, 2.24) is 20.1 Å². The van der Waals surface area contributed by atoms with E-state index in [0.29, 0.717) is 35.1 Å². The molecule has 1 saturated carbocycles. The molecule has 2 N–H and O–H groups in total. The summed E-state index contributed by atoms with van der Waals surface area (Å²) in [6.45, 7) is -1.29. The average molecular weight is 493 g/mol. The van der Waals surface area contributed by atoms with E-state index < -0.39 is 34.0 Å². The number of rotatable bonds is 6. The van der Waals surface area contributed by atoms with Crippen LogP contribution in [0.25, 0.3) is 22.3 Å². The first-order chi connectivity index (χ1) is 16.0. The second-order valence-electron chi connectivity index (χ2n) is 9.12. The minimum Gasteiger partial charge on any atom is -0.435 e. The summed E-state index contributed by atoms with van der Waals surface area (Å²) in [6, 6.07) is 7.62. The number of aromatic nitrogens is 3. The number of amides is 1. The van der Waals surface area contributed by atoms with Gasteiger partial charge in [-0.1, -0.05) is 12.1 Å². The van der Waals surface area contributed by atoms with E-state index in [-0.39, 0.29) is 28.9 Å². The summed E-state index contributed by atoms with van der Waals surface area (Å²) in [5.74, 6) is -0.725. The summed E-state index contributed by atoms with van der Waals surface area (Å²) in [5, 5.41) is 17.2. The van der Waals surface area contributed by atoms with E-state index in [0.717, 1.165) is 0 Å². The first-order valence-electron chi connectivity index (χ1n) is 10.7. The van der Waals surface area contributed by atoms with Crippen LogP contribution >= 0.6 is 0 Å². The van der Waals surface area contributed by atoms with Gasteiger partial charge in [-0.2, -0.15) is 13.9 Å². The lowest BCUT2D eigenvalue weighted by Gasteiger charge is -2.38. The Morgan fingerprint density at radius 2 is 2.03 bits per heavy atom. The number of nitrogens with one attached hydrogen (secondary N) is 1. The molecule has 5 rings (SSSR count). The van der Waals surface area contributed by atoms with Gasteiger partial charge in [0.15, 0.2) is 9.84 Å². The van der Waals surface area contributed by atoms with E-state index in [9.17, 15) is 27.1 Å². The van der Waals surface area contributed by atoms with Gasteiger partial charge in [0, 0.05) is 11.8 Å². The molecule has 0 spiro atoms. The van der Waals surface area contributed by atoms with Crippen LogP contribution in [0.15, 0.2) is 36.5 Å². The Labute approximate surface area is 193 Å². The minimum atomic E-state index is -3.13. The summed E-state index contributed by atoms with van der Waals surface area (Å²) in [6.07, 6.45) is 1.89. The molecule has 34 heavy (non-hydrogen) atoms. The lowest BCUT2D eigenvalue weighted by Crippen LogP contribution is -2.63. The zero-order valence-corrected chi connectivity index (χ0v) is 18.9. The third-order valence-electron chi connectivity index (χ3n) is 6.07. The molecule has 1 aliphatic heterocycles. The number of hydrogen-bond acceptors (Lipinski definition) is 7. The second kappa shape index (κ2) is 7.98. The quantitative estimate of drug-likeness (QED) is 0.541. The van der Waals surface area contributed by atoms with Gasteiger partial charge in [-0.05, 0) is 38.0 Å². The van der Waals surface area contributed by atoms with E-state index in [1.807, 2.05) is 0 Å². The number of pyridine rings is 1. The number of hydrogen-bond donors (Lipinski definition) is 2. The number of fused-ring (bicyclic) bond motifs is 1. The molecule has 0 atom stereocenters. The number of carbonyl (C=O) groups excluding carboxylic acids is 1. The molecule has 1 saturated heterocycles. The van der Waals surface area contributed by atoms with Crippen LogP contribution in [-0.2, 0) is 9.84 Å². The maximum absolute atomic E-state index is 12.8. The standard InChI is InChI=1S/C22H22F2N4O5S/c1-22(10-34(31,32)11-22)26-20(30)13-6-17-19(25-9-13)18(27-28(17)14-7-15(29)8-14)12-3-2-4-16(5-12)33-21(23)24/h2-6,9,14-15,21,29H,7-8,10-11H2,1H3,(H,26,30). The molecule has 2 aromatic heterocycles. The van der Waals surface area contributed by atoms with Gasteiger partial charge in [0.25, 0.3) is 5.91 Å². The Morgan fingerprint density at radius 1 is 1.29 bits per heavy atom. The number of carbonyl (C=O) groups is 1. The number of aliphatic hydroxyl groups excluding tert-OH is 1. The van der Waals surface area contributed by atoms with Crippen molar-refractivity contribution in [3.05, 3.63) is 42.1 Å². The fourth-order valence-corrected chi connectivity index (χ4v) is 6.54. The number of nitrogens with zero attached hydrogens (tertiary/aromatic N) is 3. The third kappa shape index (κ3) is 4.23. The molecule has 0 unspecified atom stereocenters. The lowest BCUT2D eigenvalue weighted by molar-refractivity contribution is -0.0498. The van der Waals surface area contributed by atoms with Crippen molar-refractivity contribution in [2.45, 2.75) is 44.1 Å². The van der Waals surface area contributed by atoms with Crippen molar-refractivity contribution in [2.24, 2.45) is 0 Å². The Bertz CT molecular complexity index is 1370. The monoisotopic (exact) mass is 492 g/mol. The number of alkyl halides is 2. The second-order valence-corrected chi connectivity index (χ2v) is 11.2. The normalized spacial score (nSPS) is 22.7. The van der Waals surface area contributed by atoms with E-state index in [1.54, 1.807) is 29.8 Å². The topological polar surface area (TPSA) is 123 Å². The molecule has 1 amide bonds. The van der Waals surface area contributed by atoms with Crippen LogP contribution in [0.3, 0.4) is 0 Å². The van der Waals surface area contributed by atoms with Gasteiger partial charge >= 0.3 is 6.61 Å². The molecule has 9 nitrogen and oxygen atoms in total. The fraction of sp³-hybridized carbons (Fsp3) is 0.409. The summed E-state index contributed by atoms with van der Waals surface area (Å²) in [5.41, 5.74) is 1.36. The number of ether oxygens (including phenoxy) is 1. The summed E-state index contributed by atoms with van der Waals surface area (Å²) < 4.78 is 54.6. The van der Waals surface area contributed by atoms with Crippen LogP contribution in [0.2, 0.25) is 0 Å². The van der Waals surface area contributed by atoms with Gasteiger partial charge in [0.05, 0.1) is 40.3 Å². The van der Waals surface area contributed by atoms with E-state index in [2.05, 4.69) is 20.1 Å². The molecular formula is C22H22F2N4O5S. The van der Waals surface area contributed by atoms with E-state index >= 15 is 0 Å². The van der Waals surface area contributed by atoms with Crippen LogP contribution in [0.5, 0.6) is 5.75 Å². The molecule has 180 valence electrons. The lowest BCUT2D eigenvalue weighted by atomic mass is 9.89. The van der Waals surface area contributed by atoms with Gasteiger partial charge in [-0.3, -0.25) is 14.5 Å². The number of halogens is 2. The summed E-state index contributed by atoms with van der Waals surface area (Å²) >= 11 is 0. The average Bonchev–Trinajstić information content (AvgIpc) is 3.08. The molecule has 1 aliphatic carbocycles. The largest absolute Gasteiger partial charge is 0.435 e. The highest BCUT2D eigenvalue weighted by Crippen LogP contribution is 2.37. The van der Waals surface area contributed by atoms with Crippen LogP contribution in [0.1, 0.15) is 36.2 Å². The van der Waals surface area contributed by atoms with Crippen LogP contribution < -0.4 is 10.1 Å². The highest BCUT2D eigenvalue weighted by molar-refractivity contribution is 7.93. The van der Waals surface area contributed by atoms with Crippen molar-refractivity contribution < 1.29 is 31.8 Å². The number of benzene rings is 1. The molecule has 2 fully saturated rings. The Morgan fingerprint density at radius 3 is 2.68 bits per heavy atom. The van der Waals surface area contributed by atoms with Gasteiger partial charge in [-0.15, -0.1) is 0 Å². The zero-order chi connectivity index (χ0) is 24.3. The molecule has 2 aliphatic rings. The Balaban J connectivity index is 1.52. The number of aliphatic hydroxyl groups is 1. The van der Waals surface area contributed by atoms with Crippen molar-refractivity contribution >= 4 is 26.8 Å². The van der Waals surface area contributed by atoms with Crippen LogP contribution in [-0.4, -0.2) is 64.0 Å². The molecule has 0 bridgehead atoms. The van der Waals surface area contributed by atoms with Crippen LogP contribution in [0, 0.1) is 0 Å². The fourth-order valence-electron chi connectivity index (χ4n) is 4.54. The molecule has 3 aromatic rings. The first kappa shape index (κ1) is 22.7. The van der Waals surface area contributed by atoms with E-state index in [1.165, 1.54) is 18.3 Å². The molecule has 0 radical (unpaired) electrons. The number of sulfone groups is 1. The first-order valence-corrected chi connectivity index (χ1v) is 12.5. The molecule has 1 aromatic carbocycles. The predicted octanol–water partition coefficient (Wildman–Crippen LogP) is 2.31. The molecule has 12 heteroatoms. The maximum Gasteiger partial charge on any atom is 0.387 e. The predicted molar refractivity (Wildman–Crippen MR) is 118 cm³/mol. The van der Waals surface area contributed by atoms with Crippen LogP contribution in [0.4, 0.5) is 8.78 Å². The smallest absolute Gasteiger partial charge is 0.387 e. The van der Waals surface area contributed by atoms with Crippen molar-refractivity contribution in [1.29, 1.82) is 0 Å². The molecule has 3 heterocycles. The van der Waals surface area contributed by atoms with Gasteiger partial charge in [0.2, 0.25) is 0 Å². The Hall–Kier alpha value is -3.12. The highest BCUT2D eigenvalue weighted by atomic mass is 32.2. The van der Waals surface area contributed by atoms with Gasteiger partial charge in [-0.25, -0.2) is 8.42 Å².